The van der Waals surface area contributed by atoms with Crippen molar-refractivity contribution in [1.29, 1.82) is 0 Å². The molecular weight excluding hydrogens is 566 g/mol. The van der Waals surface area contributed by atoms with Crippen LogP contribution in [0, 0.1) is 0 Å². The number of para-hydroxylation sites is 1. The summed E-state index contributed by atoms with van der Waals surface area (Å²) in [5.74, 6) is -0.910. The molecule has 0 bridgehead atoms. The van der Waals surface area contributed by atoms with Crippen molar-refractivity contribution in [2.75, 3.05) is 24.2 Å². The van der Waals surface area contributed by atoms with Gasteiger partial charge in [0.25, 0.3) is 0 Å². The third-order valence-corrected chi connectivity index (χ3v) is 7.78. The van der Waals surface area contributed by atoms with E-state index in [-0.39, 0.29) is 18.9 Å². The number of rotatable bonds is 10. The van der Waals surface area contributed by atoms with Crippen LogP contribution >= 0.6 is 27.5 Å². The average Bonchev–Trinajstić information content (AvgIpc) is 2.85. The molecule has 190 valence electrons. The lowest BCUT2D eigenvalue weighted by Gasteiger charge is -2.33. The molecule has 0 saturated heterocycles. The summed E-state index contributed by atoms with van der Waals surface area (Å²) in [6, 6.07) is 22.2. The van der Waals surface area contributed by atoms with Gasteiger partial charge in [-0.1, -0.05) is 72.3 Å². The Labute approximate surface area is 225 Å². The van der Waals surface area contributed by atoms with Gasteiger partial charge >= 0.3 is 0 Å². The van der Waals surface area contributed by atoms with Gasteiger partial charge in [-0.15, -0.1) is 0 Å². The number of amides is 2. The van der Waals surface area contributed by atoms with Crippen LogP contribution in [0.1, 0.15) is 11.1 Å². The van der Waals surface area contributed by atoms with Crippen LogP contribution in [0.5, 0.6) is 0 Å². The first kappa shape index (κ1) is 27.7. The molecule has 0 aromatic heterocycles. The van der Waals surface area contributed by atoms with Crippen molar-refractivity contribution >= 4 is 55.1 Å². The minimum absolute atomic E-state index is 0.0248. The van der Waals surface area contributed by atoms with Crippen LogP contribution in [0.3, 0.4) is 0 Å². The van der Waals surface area contributed by atoms with Gasteiger partial charge in [0.15, 0.2) is 0 Å². The van der Waals surface area contributed by atoms with Crippen molar-refractivity contribution in [1.82, 2.24) is 10.2 Å². The summed E-state index contributed by atoms with van der Waals surface area (Å²) < 4.78 is 27.0. The van der Waals surface area contributed by atoms with E-state index < -0.39 is 28.5 Å². The number of hydrogen-bond donors (Lipinski definition) is 1. The Morgan fingerprint density at radius 1 is 0.972 bits per heavy atom. The molecule has 0 unspecified atom stereocenters. The van der Waals surface area contributed by atoms with Gasteiger partial charge in [-0.25, -0.2) is 8.42 Å². The normalized spacial score (nSPS) is 12.0. The number of anilines is 1. The first-order valence-corrected chi connectivity index (χ1v) is 14.1. The van der Waals surface area contributed by atoms with Gasteiger partial charge in [-0.05, 0) is 45.3 Å². The molecule has 3 aromatic carbocycles. The van der Waals surface area contributed by atoms with E-state index in [0.717, 1.165) is 16.1 Å². The number of carbonyl (C=O) groups excluding carboxylic acids is 2. The second-order valence-corrected chi connectivity index (χ2v) is 11.3. The lowest BCUT2D eigenvalue weighted by molar-refractivity contribution is -0.139. The maximum atomic E-state index is 13.8. The summed E-state index contributed by atoms with van der Waals surface area (Å²) in [4.78, 5) is 28.3. The molecule has 1 atom stereocenters. The molecule has 0 aliphatic carbocycles. The number of nitrogens with one attached hydrogen (secondary N) is 1. The molecule has 0 fully saturated rings. The highest BCUT2D eigenvalue weighted by Crippen LogP contribution is 2.28. The monoisotopic (exact) mass is 591 g/mol. The molecule has 3 aromatic rings. The summed E-state index contributed by atoms with van der Waals surface area (Å²) in [6.07, 6.45) is 1.28. The second-order valence-electron chi connectivity index (χ2n) is 8.15. The topological polar surface area (TPSA) is 86.8 Å². The summed E-state index contributed by atoms with van der Waals surface area (Å²) >= 11 is 9.77. The van der Waals surface area contributed by atoms with Crippen molar-refractivity contribution in [2.45, 2.75) is 19.0 Å². The maximum absolute atomic E-state index is 13.8. The number of sulfonamides is 1. The zero-order chi connectivity index (χ0) is 26.3. The van der Waals surface area contributed by atoms with E-state index in [4.69, 9.17) is 11.6 Å². The highest BCUT2D eigenvalue weighted by molar-refractivity contribution is 9.10. The van der Waals surface area contributed by atoms with Crippen molar-refractivity contribution in [3.8, 4) is 0 Å². The zero-order valence-corrected chi connectivity index (χ0v) is 23.1. The van der Waals surface area contributed by atoms with Crippen molar-refractivity contribution in [3.63, 3.8) is 0 Å². The zero-order valence-electron chi connectivity index (χ0n) is 19.9. The fourth-order valence-corrected chi connectivity index (χ4v) is 5.45. The van der Waals surface area contributed by atoms with Crippen LogP contribution in [0.25, 0.3) is 0 Å². The van der Waals surface area contributed by atoms with Crippen LogP contribution in [0.15, 0.2) is 83.3 Å². The molecule has 2 amide bonds. The Hall–Kier alpha value is -2.88. The summed E-state index contributed by atoms with van der Waals surface area (Å²) in [6.45, 7) is -0.467. The number of halogens is 2. The number of carbonyl (C=O) groups is 2. The Balaban J connectivity index is 2.05. The lowest BCUT2D eigenvalue weighted by atomic mass is 10.0. The van der Waals surface area contributed by atoms with Gasteiger partial charge in [0.05, 0.1) is 11.9 Å². The third-order valence-electron chi connectivity index (χ3n) is 5.62. The Bertz CT molecular complexity index is 1320. The number of likely N-dealkylation sites (N-methyl/N-ethyl adjacent to an activating group) is 1. The van der Waals surface area contributed by atoms with E-state index >= 15 is 0 Å². The molecule has 0 aliphatic rings. The van der Waals surface area contributed by atoms with Crippen molar-refractivity contribution < 1.29 is 18.0 Å². The van der Waals surface area contributed by atoms with Crippen LogP contribution in [-0.2, 0) is 32.6 Å². The summed E-state index contributed by atoms with van der Waals surface area (Å²) in [5.41, 5.74) is 1.82. The molecule has 7 nitrogen and oxygen atoms in total. The van der Waals surface area contributed by atoms with Crippen molar-refractivity contribution in [2.24, 2.45) is 0 Å². The smallest absolute Gasteiger partial charge is 0.244 e. The van der Waals surface area contributed by atoms with Crippen LogP contribution in [0.4, 0.5) is 5.69 Å². The van der Waals surface area contributed by atoms with E-state index in [9.17, 15) is 18.0 Å². The van der Waals surface area contributed by atoms with E-state index in [1.165, 1.54) is 11.9 Å². The molecule has 0 spiro atoms. The van der Waals surface area contributed by atoms with Gasteiger partial charge < -0.3 is 10.2 Å². The minimum Gasteiger partial charge on any atom is -0.357 e. The number of hydrogen-bond acceptors (Lipinski definition) is 4. The van der Waals surface area contributed by atoms with Gasteiger partial charge in [0, 0.05) is 29.5 Å². The molecule has 0 aliphatic heterocycles. The van der Waals surface area contributed by atoms with Crippen molar-refractivity contribution in [3.05, 3.63) is 99.5 Å². The number of benzene rings is 3. The maximum Gasteiger partial charge on any atom is 0.244 e. The fraction of sp³-hybridized carbons (Fsp3) is 0.231. The average molecular weight is 593 g/mol. The highest BCUT2D eigenvalue weighted by Gasteiger charge is 2.33. The van der Waals surface area contributed by atoms with E-state index in [2.05, 4.69) is 21.2 Å². The Morgan fingerprint density at radius 3 is 2.19 bits per heavy atom. The predicted molar refractivity (Wildman–Crippen MR) is 146 cm³/mol. The van der Waals surface area contributed by atoms with E-state index in [1.807, 2.05) is 30.3 Å². The molecule has 3 rings (SSSR count). The molecule has 1 N–H and O–H groups in total. The second kappa shape index (κ2) is 12.4. The largest absolute Gasteiger partial charge is 0.357 e. The quantitative estimate of drug-likeness (QED) is 0.381. The third kappa shape index (κ3) is 7.09. The Kier molecular flexibility index (Phi) is 9.53. The summed E-state index contributed by atoms with van der Waals surface area (Å²) in [7, 11) is -2.33. The molecule has 10 heteroatoms. The van der Waals surface area contributed by atoms with Gasteiger partial charge in [-0.3, -0.25) is 13.9 Å². The standard InChI is InChI=1S/C26H27BrClN3O4S/c1-29-26(33)24(16-19-10-4-3-5-11-19)30(17-20-12-6-8-14-22(20)28)25(32)18-31(36(2,34)35)23-15-9-7-13-21(23)27/h3-15,24H,16-18H2,1-2H3,(H,29,33)/t24-/m1/s1. The Morgan fingerprint density at radius 2 is 1.58 bits per heavy atom. The molecular formula is C26H27BrClN3O4S. The van der Waals surface area contributed by atoms with Crippen LogP contribution < -0.4 is 9.62 Å². The van der Waals surface area contributed by atoms with Gasteiger partial charge in [0.1, 0.15) is 12.6 Å². The van der Waals surface area contributed by atoms with E-state index in [1.54, 1.807) is 48.5 Å². The first-order chi connectivity index (χ1) is 17.1. The highest BCUT2D eigenvalue weighted by atomic mass is 79.9. The molecule has 36 heavy (non-hydrogen) atoms. The summed E-state index contributed by atoms with van der Waals surface area (Å²) in [5, 5.41) is 3.08. The van der Waals surface area contributed by atoms with Crippen LogP contribution in [-0.4, -0.2) is 51.0 Å². The molecule has 0 saturated carbocycles. The first-order valence-electron chi connectivity index (χ1n) is 11.1. The molecule has 0 radical (unpaired) electrons. The lowest BCUT2D eigenvalue weighted by Crippen LogP contribution is -2.53. The van der Waals surface area contributed by atoms with Gasteiger partial charge in [-0.2, -0.15) is 0 Å². The predicted octanol–water partition coefficient (Wildman–Crippen LogP) is 4.25. The van der Waals surface area contributed by atoms with Crippen LogP contribution in [0.2, 0.25) is 5.02 Å². The van der Waals surface area contributed by atoms with Gasteiger partial charge in [0.2, 0.25) is 21.8 Å². The molecule has 0 heterocycles. The van der Waals surface area contributed by atoms with E-state index in [0.29, 0.717) is 20.7 Å². The fourth-order valence-electron chi connectivity index (χ4n) is 3.78. The number of nitrogens with zero attached hydrogens (tertiary/aromatic N) is 2. The SMILES string of the molecule is CNC(=O)[C@@H](Cc1ccccc1)N(Cc1ccccc1Cl)C(=O)CN(c1ccccc1Br)S(C)(=O)=O. The minimum atomic E-state index is -3.83.